The van der Waals surface area contributed by atoms with Crippen molar-refractivity contribution in [3.8, 4) is 0 Å². The Morgan fingerprint density at radius 2 is 1.28 bits per heavy atom. The first-order valence-corrected chi connectivity index (χ1v) is 11.6. The number of esters is 1. The number of hydrogen-bond donors (Lipinski definition) is 0. The second-order valence-electron chi connectivity index (χ2n) is 6.86. The Morgan fingerprint density at radius 3 is 1.84 bits per heavy atom. The molecule has 0 heterocycles. The number of unbranched alkanes of at least 4 members (excludes halogenated alkanes) is 11. The average molecular weight is 375 g/mol. The molecule has 0 aliphatic carbocycles. The van der Waals surface area contributed by atoms with Crippen molar-refractivity contribution in [1.82, 2.24) is 0 Å². The molecular formula is C21H42O3S. The van der Waals surface area contributed by atoms with Gasteiger partial charge in [-0.05, 0) is 19.8 Å². The van der Waals surface area contributed by atoms with Gasteiger partial charge in [-0.1, -0.05) is 84.5 Å². The summed E-state index contributed by atoms with van der Waals surface area (Å²) in [6.07, 6.45) is 16.9. The Kier molecular flexibility index (Phi) is 19.9. The second-order valence-corrected chi connectivity index (χ2v) is 8.14. The van der Waals surface area contributed by atoms with Crippen LogP contribution in [0.1, 0.15) is 104 Å². The largest absolute Gasteiger partial charge is 0.465 e. The van der Waals surface area contributed by atoms with Crippen LogP contribution in [0, 0.1) is 0 Å². The summed E-state index contributed by atoms with van der Waals surface area (Å²) in [5, 5.41) is 0. The van der Waals surface area contributed by atoms with E-state index in [4.69, 9.17) is 9.47 Å². The van der Waals surface area contributed by atoms with Gasteiger partial charge in [0.05, 0.1) is 12.4 Å². The lowest BCUT2D eigenvalue weighted by Crippen LogP contribution is -2.13. The van der Waals surface area contributed by atoms with E-state index in [1.807, 2.05) is 6.92 Å². The number of hydrogen-bond acceptors (Lipinski definition) is 4. The number of ether oxygens (including phenoxy) is 2. The molecular weight excluding hydrogens is 332 g/mol. The van der Waals surface area contributed by atoms with Gasteiger partial charge in [0.25, 0.3) is 0 Å². The quantitative estimate of drug-likeness (QED) is 0.142. The molecule has 0 aromatic heterocycles. The first-order chi connectivity index (χ1) is 12.2. The maximum atomic E-state index is 11.5. The number of carbonyl (C=O) groups excluding carboxylic acids is 1. The van der Waals surface area contributed by atoms with Crippen LogP contribution < -0.4 is 0 Å². The Morgan fingerprint density at radius 1 is 0.760 bits per heavy atom. The van der Waals surface area contributed by atoms with Crippen molar-refractivity contribution in [2.24, 2.45) is 0 Å². The molecule has 0 bridgehead atoms. The highest BCUT2D eigenvalue weighted by Crippen LogP contribution is 2.14. The molecule has 0 radical (unpaired) electrons. The third-order valence-electron chi connectivity index (χ3n) is 4.30. The highest BCUT2D eigenvalue weighted by atomic mass is 32.2. The van der Waals surface area contributed by atoms with E-state index in [0.29, 0.717) is 12.4 Å². The fourth-order valence-corrected chi connectivity index (χ4v) is 3.27. The zero-order valence-electron chi connectivity index (χ0n) is 17.0. The first kappa shape index (κ1) is 24.8. The molecule has 0 N–H and O–H groups in total. The summed E-state index contributed by atoms with van der Waals surface area (Å²) in [4.78, 5) is 11.5. The van der Waals surface area contributed by atoms with E-state index in [1.165, 1.54) is 76.0 Å². The third-order valence-corrected chi connectivity index (χ3v) is 5.31. The molecule has 0 spiro atoms. The van der Waals surface area contributed by atoms with Crippen molar-refractivity contribution >= 4 is 17.7 Å². The Bertz CT molecular complexity index is 284. The molecule has 0 saturated heterocycles. The van der Waals surface area contributed by atoms with Crippen molar-refractivity contribution in [3.05, 3.63) is 0 Å². The van der Waals surface area contributed by atoms with Gasteiger partial charge in [-0.15, -0.1) is 11.8 Å². The summed E-state index contributed by atoms with van der Waals surface area (Å²) in [5.74, 6) is 0.270. The van der Waals surface area contributed by atoms with Gasteiger partial charge >= 0.3 is 5.97 Å². The van der Waals surface area contributed by atoms with Crippen LogP contribution >= 0.6 is 11.8 Å². The average Bonchev–Trinajstić information content (AvgIpc) is 2.61. The highest BCUT2D eigenvalue weighted by molar-refractivity contribution is 8.00. The SMILES string of the molecule is CCCCCCCCCCCCCOC(C)SCC(=O)OCCCC. The molecule has 0 amide bonds. The highest BCUT2D eigenvalue weighted by Gasteiger charge is 2.08. The molecule has 1 unspecified atom stereocenters. The monoisotopic (exact) mass is 374 g/mol. The van der Waals surface area contributed by atoms with Crippen LogP contribution in [0.4, 0.5) is 0 Å². The van der Waals surface area contributed by atoms with Gasteiger partial charge in [-0.2, -0.15) is 0 Å². The maximum absolute atomic E-state index is 11.5. The zero-order valence-corrected chi connectivity index (χ0v) is 17.8. The molecule has 3 nitrogen and oxygen atoms in total. The smallest absolute Gasteiger partial charge is 0.315 e. The normalized spacial score (nSPS) is 12.3. The van der Waals surface area contributed by atoms with Gasteiger partial charge < -0.3 is 9.47 Å². The molecule has 0 aliphatic rings. The summed E-state index contributed by atoms with van der Waals surface area (Å²) in [5.41, 5.74) is 0.0712. The third kappa shape index (κ3) is 19.9. The van der Waals surface area contributed by atoms with Gasteiger partial charge in [0.15, 0.2) is 0 Å². The van der Waals surface area contributed by atoms with Crippen molar-refractivity contribution in [2.45, 2.75) is 110 Å². The summed E-state index contributed by atoms with van der Waals surface area (Å²) < 4.78 is 10.9. The summed E-state index contributed by atoms with van der Waals surface area (Å²) in [7, 11) is 0. The van der Waals surface area contributed by atoms with Crippen LogP contribution in [-0.4, -0.2) is 30.4 Å². The Hall–Kier alpha value is -0.220. The van der Waals surface area contributed by atoms with Gasteiger partial charge in [0.1, 0.15) is 5.44 Å². The van der Waals surface area contributed by atoms with Crippen LogP contribution in [0.3, 0.4) is 0 Å². The van der Waals surface area contributed by atoms with Crippen molar-refractivity contribution in [2.75, 3.05) is 19.0 Å². The minimum atomic E-state index is -0.122. The van der Waals surface area contributed by atoms with E-state index < -0.39 is 0 Å². The molecule has 1 atom stereocenters. The summed E-state index contributed by atoms with van der Waals surface area (Å²) in [6, 6.07) is 0. The molecule has 25 heavy (non-hydrogen) atoms. The molecule has 0 aliphatic heterocycles. The Balaban J connectivity index is 3.24. The van der Waals surface area contributed by atoms with Crippen LogP contribution in [0.2, 0.25) is 0 Å². The van der Waals surface area contributed by atoms with Gasteiger partial charge in [0.2, 0.25) is 0 Å². The van der Waals surface area contributed by atoms with Crippen LogP contribution in [0.15, 0.2) is 0 Å². The van der Waals surface area contributed by atoms with Gasteiger partial charge in [-0.25, -0.2) is 0 Å². The van der Waals surface area contributed by atoms with Crippen LogP contribution in [0.25, 0.3) is 0 Å². The minimum absolute atomic E-state index is 0.0712. The number of rotatable bonds is 19. The lowest BCUT2D eigenvalue weighted by Gasteiger charge is -2.12. The lowest BCUT2D eigenvalue weighted by atomic mass is 10.1. The summed E-state index contributed by atoms with van der Waals surface area (Å²) in [6.45, 7) is 7.72. The minimum Gasteiger partial charge on any atom is -0.465 e. The number of carbonyl (C=O) groups is 1. The molecule has 150 valence electrons. The van der Waals surface area contributed by atoms with Crippen molar-refractivity contribution in [3.63, 3.8) is 0 Å². The van der Waals surface area contributed by atoms with E-state index in [2.05, 4.69) is 13.8 Å². The van der Waals surface area contributed by atoms with E-state index in [1.54, 1.807) is 0 Å². The molecule has 0 aromatic carbocycles. The fourth-order valence-electron chi connectivity index (χ4n) is 2.62. The lowest BCUT2D eigenvalue weighted by molar-refractivity contribution is -0.140. The molecule has 0 fully saturated rings. The summed E-state index contributed by atoms with van der Waals surface area (Å²) >= 11 is 1.53. The van der Waals surface area contributed by atoms with Gasteiger partial charge in [-0.3, -0.25) is 4.79 Å². The number of thioether (sulfide) groups is 1. The van der Waals surface area contributed by atoms with Crippen molar-refractivity contribution < 1.29 is 14.3 Å². The predicted molar refractivity (Wildman–Crippen MR) is 110 cm³/mol. The molecule has 4 heteroatoms. The van der Waals surface area contributed by atoms with E-state index in [0.717, 1.165) is 25.9 Å². The van der Waals surface area contributed by atoms with Crippen LogP contribution in [-0.2, 0) is 14.3 Å². The topological polar surface area (TPSA) is 35.5 Å². The molecule has 0 saturated carbocycles. The predicted octanol–water partition coefficient (Wildman–Crippen LogP) is 6.74. The van der Waals surface area contributed by atoms with Gasteiger partial charge in [0, 0.05) is 6.61 Å². The van der Waals surface area contributed by atoms with E-state index in [9.17, 15) is 4.79 Å². The fraction of sp³-hybridized carbons (Fsp3) is 0.952. The van der Waals surface area contributed by atoms with E-state index >= 15 is 0 Å². The zero-order chi connectivity index (χ0) is 18.6. The van der Waals surface area contributed by atoms with Crippen LogP contribution in [0.5, 0.6) is 0 Å². The van der Waals surface area contributed by atoms with Crippen molar-refractivity contribution in [1.29, 1.82) is 0 Å². The standard InChI is InChI=1S/C21H42O3S/c1-4-6-8-9-10-11-12-13-14-15-16-18-23-20(3)25-19-21(22)24-17-7-5-2/h20H,4-19H2,1-3H3. The maximum Gasteiger partial charge on any atom is 0.315 e. The van der Waals surface area contributed by atoms with E-state index in [-0.39, 0.29) is 11.4 Å². The Labute approximate surface area is 161 Å². The molecule has 0 rings (SSSR count). The second kappa shape index (κ2) is 20.1. The first-order valence-electron chi connectivity index (χ1n) is 10.6. The molecule has 0 aromatic rings.